The molecule has 1 aromatic carbocycles. The lowest BCUT2D eigenvalue weighted by molar-refractivity contribution is -0.123. The summed E-state index contributed by atoms with van der Waals surface area (Å²) in [5.74, 6) is 0.585. The number of carbonyl (C=O) groups is 1. The van der Waals surface area contributed by atoms with Crippen molar-refractivity contribution in [2.24, 2.45) is 5.92 Å². The molecular formula is C19H27NO3S. The van der Waals surface area contributed by atoms with Gasteiger partial charge in [0.2, 0.25) is 5.91 Å². The molecule has 1 aliphatic heterocycles. The summed E-state index contributed by atoms with van der Waals surface area (Å²) in [6, 6.07) is 8.39. The van der Waals surface area contributed by atoms with Crippen molar-refractivity contribution < 1.29 is 13.2 Å². The summed E-state index contributed by atoms with van der Waals surface area (Å²) in [6.45, 7) is 7.01. The van der Waals surface area contributed by atoms with E-state index in [1.165, 1.54) is 5.56 Å². The minimum atomic E-state index is -2.89. The Morgan fingerprint density at radius 1 is 1.21 bits per heavy atom. The van der Waals surface area contributed by atoms with Gasteiger partial charge in [-0.05, 0) is 41.7 Å². The average molecular weight is 349 g/mol. The second-order valence-electron chi connectivity index (χ2n) is 8.39. The molecule has 0 spiro atoms. The molecule has 0 aromatic heterocycles. The van der Waals surface area contributed by atoms with Gasteiger partial charge in [0.15, 0.2) is 9.84 Å². The van der Waals surface area contributed by atoms with Crippen molar-refractivity contribution in [3.05, 3.63) is 35.4 Å². The number of rotatable bonds is 4. The Hall–Kier alpha value is -1.36. The van der Waals surface area contributed by atoms with Gasteiger partial charge in [-0.25, -0.2) is 8.42 Å². The van der Waals surface area contributed by atoms with Crippen LogP contribution in [-0.4, -0.2) is 32.4 Å². The predicted molar refractivity (Wildman–Crippen MR) is 95.8 cm³/mol. The van der Waals surface area contributed by atoms with Crippen LogP contribution < -0.4 is 5.32 Å². The van der Waals surface area contributed by atoms with Gasteiger partial charge < -0.3 is 5.32 Å². The first-order valence-electron chi connectivity index (χ1n) is 8.72. The maximum Gasteiger partial charge on any atom is 0.230 e. The zero-order chi connectivity index (χ0) is 17.6. The Morgan fingerprint density at radius 3 is 2.29 bits per heavy atom. The third-order valence-electron chi connectivity index (χ3n) is 5.37. The van der Waals surface area contributed by atoms with E-state index in [2.05, 4.69) is 50.4 Å². The van der Waals surface area contributed by atoms with Gasteiger partial charge in [0.25, 0.3) is 0 Å². The fraction of sp³-hybridized carbons (Fsp3) is 0.632. The quantitative estimate of drug-likeness (QED) is 0.909. The molecule has 1 heterocycles. The molecule has 1 aliphatic carbocycles. The standard InChI is InChI=1S/C19H27NO3S/c1-18(2,3)15-4-6-16(7-5-15)19(9-10-19)17(21)20-12-14-8-11-24(22,23)13-14/h4-7,14H,8-13H2,1-3H3,(H,20,21)/t14-/m1/s1. The van der Waals surface area contributed by atoms with Crippen LogP contribution in [0.15, 0.2) is 24.3 Å². The molecule has 0 bridgehead atoms. The Kier molecular flexibility index (Phi) is 4.27. The van der Waals surface area contributed by atoms with Gasteiger partial charge >= 0.3 is 0 Å². The lowest BCUT2D eigenvalue weighted by atomic mass is 9.85. The highest BCUT2D eigenvalue weighted by atomic mass is 32.2. The number of hydrogen-bond donors (Lipinski definition) is 1. The first-order valence-corrected chi connectivity index (χ1v) is 10.5. The molecule has 132 valence electrons. The molecule has 1 aromatic rings. The van der Waals surface area contributed by atoms with Crippen molar-refractivity contribution >= 4 is 15.7 Å². The number of hydrogen-bond acceptors (Lipinski definition) is 3. The van der Waals surface area contributed by atoms with Crippen molar-refractivity contribution in [3.63, 3.8) is 0 Å². The van der Waals surface area contributed by atoms with Crippen LogP contribution in [0.4, 0.5) is 0 Å². The number of benzene rings is 1. The molecule has 1 saturated carbocycles. The summed E-state index contributed by atoms with van der Waals surface area (Å²) >= 11 is 0. The zero-order valence-electron chi connectivity index (χ0n) is 14.8. The lowest BCUT2D eigenvalue weighted by Gasteiger charge is -2.21. The van der Waals surface area contributed by atoms with E-state index in [-0.39, 0.29) is 28.7 Å². The van der Waals surface area contributed by atoms with Crippen LogP contribution in [0.3, 0.4) is 0 Å². The second-order valence-corrected chi connectivity index (χ2v) is 10.6. The Balaban J connectivity index is 1.64. The van der Waals surface area contributed by atoms with Crippen LogP contribution in [0, 0.1) is 5.92 Å². The maximum atomic E-state index is 12.7. The Labute approximate surface area is 145 Å². The molecule has 2 aliphatic rings. The molecule has 5 heteroatoms. The van der Waals surface area contributed by atoms with Crippen LogP contribution in [0.2, 0.25) is 0 Å². The highest BCUT2D eigenvalue weighted by Crippen LogP contribution is 2.48. The van der Waals surface area contributed by atoms with Crippen molar-refractivity contribution in [2.45, 2.75) is 50.9 Å². The van der Waals surface area contributed by atoms with E-state index in [9.17, 15) is 13.2 Å². The molecule has 1 saturated heterocycles. The van der Waals surface area contributed by atoms with E-state index < -0.39 is 15.3 Å². The van der Waals surface area contributed by atoms with E-state index in [1.807, 2.05) is 0 Å². The second kappa shape index (κ2) is 5.87. The summed E-state index contributed by atoms with van der Waals surface area (Å²) in [5, 5.41) is 3.01. The van der Waals surface area contributed by atoms with Crippen molar-refractivity contribution in [3.8, 4) is 0 Å². The highest BCUT2D eigenvalue weighted by Gasteiger charge is 2.51. The molecule has 1 amide bonds. The predicted octanol–water partition coefficient (Wildman–Crippen LogP) is 2.57. The fourth-order valence-electron chi connectivity index (χ4n) is 3.50. The van der Waals surface area contributed by atoms with Gasteiger partial charge in [-0.3, -0.25) is 4.79 Å². The van der Waals surface area contributed by atoms with Crippen molar-refractivity contribution in [1.29, 1.82) is 0 Å². The first kappa shape index (κ1) is 17.5. The summed E-state index contributed by atoms with van der Waals surface area (Å²) in [4.78, 5) is 12.7. The third-order valence-corrected chi connectivity index (χ3v) is 7.20. The molecule has 1 N–H and O–H groups in total. The molecule has 4 nitrogen and oxygen atoms in total. The van der Waals surface area contributed by atoms with E-state index >= 15 is 0 Å². The molecule has 2 fully saturated rings. The third kappa shape index (κ3) is 3.51. The van der Waals surface area contributed by atoms with Gasteiger partial charge in [-0.2, -0.15) is 0 Å². The highest BCUT2D eigenvalue weighted by molar-refractivity contribution is 7.91. The minimum absolute atomic E-state index is 0.0512. The maximum absolute atomic E-state index is 12.7. The topological polar surface area (TPSA) is 63.2 Å². The summed E-state index contributed by atoms with van der Waals surface area (Å²) in [6.07, 6.45) is 2.41. The summed E-state index contributed by atoms with van der Waals surface area (Å²) in [7, 11) is -2.89. The SMILES string of the molecule is CC(C)(C)c1ccc(C2(C(=O)NC[C@H]3CCS(=O)(=O)C3)CC2)cc1. The van der Waals surface area contributed by atoms with E-state index in [4.69, 9.17) is 0 Å². The molecule has 24 heavy (non-hydrogen) atoms. The first-order chi connectivity index (χ1) is 11.1. The molecule has 3 rings (SSSR count). The average Bonchev–Trinajstić information content (AvgIpc) is 3.24. The number of carbonyl (C=O) groups excluding carboxylic acids is 1. The van der Waals surface area contributed by atoms with Crippen molar-refractivity contribution in [2.75, 3.05) is 18.1 Å². The number of amides is 1. The van der Waals surface area contributed by atoms with Gasteiger partial charge in [0.1, 0.15) is 0 Å². The normalized spacial score (nSPS) is 24.5. The summed E-state index contributed by atoms with van der Waals surface area (Å²) < 4.78 is 23.0. The molecule has 0 unspecified atom stereocenters. The fourth-order valence-corrected chi connectivity index (χ4v) is 5.36. The van der Waals surface area contributed by atoms with Crippen LogP contribution >= 0.6 is 0 Å². The molecule has 0 radical (unpaired) electrons. The molecular weight excluding hydrogens is 322 g/mol. The van der Waals surface area contributed by atoms with Crippen molar-refractivity contribution in [1.82, 2.24) is 5.32 Å². The Bertz CT molecular complexity index is 725. The van der Waals surface area contributed by atoms with Crippen LogP contribution in [0.25, 0.3) is 0 Å². The largest absolute Gasteiger partial charge is 0.355 e. The lowest BCUT2D eigenvalue weighted by Crippen LogP contribution is -2.38. The minimum Gasteiger partial charge on any atom is -0.355 e. The van der Waals surface area contributed by atoms with Crippen LogP contribution in [0.1, 0.15) is 51.2 Å². The van der Waals surface area contributed by atoms with Gasteiger partial charge in [-0.1, -0.05) is 45.0 Å². The molecule has 1 atom stereocenters. The van der Waals surface area contributed by atoms with Crippen LogP contribution in [-0.2, 0) is 25.5 Å². The van der Waals surface area contributed by atoms with Crippen LogP contribution in [0.5, 0.6) is 0 Å². The van der Waals surface area contributed by atoms with E-state index in [0.717, 1.165) is 18.4 Å². The smallest absolute Gasteiger partial charge is 0.230 e. The van der Waals surface area contributed by atoms with E-state index in [1.54, 1.807) is 0 Å². The number of nitrogens with one attached hydrogen (secondary N) is 1. The Morgan fingerprint density at radius 2 is 1.83 bits per heavy atom. The van der Waals surface area contributed by atoms with Gasteiger partial charge in [-0.15, -0.1) is 0 Å². The summed E-state index contributed by atoms with van der Waals surface area (Å²) in [5.41, 5.74) is 2.05. The monoisotopic (exact) mass is 349 g/mol. The zero-order valence-corrected chi connectivity index (χ0v) is 15.6. The van der Waals surface area contributed by atoms with Gasteiger partial charge in [0.05, 0.1) is 16.9 Å². The van der Waals surface area contributed by atoms with Gasteiger partial charge in [0, 0.05) is 6.54 Å². The van der Waals surface area contributed by atoms with E-state index in [0.29, 0.717) is 13.0 Å². The number of sulfone groups is 1.